The molecule has 2 aromatic rings. The molecule has 0 saturated carbocycles. The lowest BCUT2D eigenvalue weighted by Crippen LogP contribution is -2.11. The molecule has 7 heteroatoms. The Balaban J connectivity index is 2.15. The molecule has 2 heterocycles. The summed E-state index contributed by atoms with van der Waals surface area (Å²) in [6.07, 6.45) is 1.15. The van der Waals surface area contributed by atoms with Gasteiger partial charge in [0.25, 0.3) is 0 Å². The van der Waals surface area contributed by atoms with Crippen molar-refractivity contribution in [3.63, 3.8) is 0 Å². The van der Waals surface area contributed by atoms with Gasteiger partial charge in [-0.25, -0.2) is 9.37 Å². The summed E-state index contributed by atoms with van der Waals surface area (Å²) in [6, 6.07) is 3.66. The zero-order chi connectivity index (χ0) is 13.8. The van der Waals surface area contributed by atoms with Crippen LogP contribution in [0.2, 0.25) is 4.34 Å². The molecule has 0 saturated heterocycles. The normalized spacial score (nSPS) is 12.2. The molecular formula is C12H14ClFN4S. The first kappa shape index (κ1) is 14.0. The first-order valence-corrected chi connectivity index (χ1v) is 7.07. The summed E-state index contributed by atoms with van der Waals surface area (Å²) < 4.78 is 14.4. The highest BCUT2D eigenvalue weighted by Crippen LogP contribution is 2.29. The number of nitrogens with one attached hydrogen (secondary N) is 2. The van der Waals surface area contributed by atoms with E-state index >= 15 is 0 Å². The first-order chi connectivity index (χ1) is 9.10. The van der Waals surface area contributed by atoms with E-state index in [0.717, 1.165) is 11.1 Å². The third kappa shape index (κ3) is 3.54. The average Bonchev–Trinajstić information content (AvgIpc) is 2.80. The van der Waals surface area contributed by atoms with Crippen LogP contribution in [0.25, 0.3) is 0 Å². The van der Waals surface area contributed by atoms with Gasteiger partial charge < -0.3 is 10.6 Å². The van der Waals surface area contributed by atoms with Crippen LogP contribution in [0.3, 0.4) is 0 Å². The Bertz CT molecular complexity index is 560. The van der Waals surface area contributed by atoms with Crippen molar-refractivity contribution in [1.82, 2.24) is 9.97 Å². The van der Waals surface area contributed by atoms with Gasteiger partial charge in [0.05, 0.1) is 16.6 Å². The molecule has 0 aliphatic rings. The number of hydrogen-bond acceptors (Lipinski definition) is 5. The molecule has 0 spiro atoms. The van der Waals surface area contributed by atoms with Crippen molar-refractivity contribution in [2.45, 2.75) is 19.9 Å². The fourth-order valence-corrected chi connectivity index (χ4v) is 2.61. The van der Waals surface area contributed by atoms with Crippen LogP contribution in [0.4, 0.5) is 16.2 Å². The Hall–Kier alpha value is -1.40. The summed E-state index contributed by atoms with van der Waals surface area (Å²) in [5.41, 5.74) is 0. The lowest BCUT2D eigenvalue weighted by atomic mass is 10.3. The van der Waals surface area contributed by atoms with Crippen LogP contribution in [-0.2, 0) is 0 Å². The molecule has 2 N–H and O–H groups in total. The molecule has 1 unspecified atom stereocenters. The van der Waals surface area contributed by atoms with Crippen molar-refractivity contribution >= 4 is 34.7 Å². The fraction of sp³-hybridized carbons (Fsp3) is 0.333. The van der Waals surface area contributed by atoms with Crippen LogP contribution in [0.15, 0.2) is 18.3 Å². The number of hydrogen-bond donors (Lipinski definition) is 2. The quantitative estimate of drug-likeness (QED) is 0.878. The monoisotopic (exact) mass is 300 g/mol. The Kier molecular flexibility index (Phi) is 4.55. The molecular weight excluding hydrogens is 287 g/mol. The number of nitrogens with zero attached hydrogens (tertiary/aromatic N) is 2. The van der Waals surface area contributed by atoms with Crippen molar-refractivity contribution in [3.05, 3.63) is 33.4 Å². The van der Waals surface area contributed by atoms with E-state index in [1.165, 1.54) is 11.3 Å². The summed E-state index contributed by atoms with van der Waals surface area (Å²) in [7, 11) is 0. The molecule has 0 amide bonds. The second kappa shape index (κ2) is 6.16. The van der Waals surface area contributed by atoms with Crippen LogP contribution in [0, 0.1) is 5.82 Å². The smallest absolute Gasteiger partial charge is 0.224 e. The minimum atomic E-state index is -0.476. The second-order valence-electron chi connectivity index (χ2n) is 3.93. The number of rotatable bonds is 5. The minimum Gasteiger partial charge on any atom is -0.360 e. The maximum absolute atomic E-state index is 13.7. The summed E-state index contributed by atoms with van der Waals surface area (Å²) in [5, 5.41) is 5.97. The van der Waals surface area contributed by atoms with E-state index in [-0.39, 0.29) is 11.9 Å². The van der Waals surface area contributed by atoms with E-state index in [9.17, 15) is 4.39 Å². The summed E-state index contributed by atoms with van der Waals surface area (Å²) in [6.45, 7) is 4.54. The average molecular weight is 301 g/mol. The van der Waals surface area contributed by atoms with Crippen LogP contribution >= 0.6 is 22.9 Å². The molecule has 0 fully saturated rings. The van der Waals surface area contributed by atoms with Gasteiger partial charge in [0.1, 0.15) is 0 Å². The molecule has 19 heavy (non-hydrogen) atoms. The maximum atomic E-state index is 13.7. The van der Waals surface area contributed by atoms with Gasteiger partial charge in [0, 0.05) is 11.4 Å². The predicted molar refractivity (Wildman–Crippen MR) is 77.5 cm³/mol. The van der Waals surface area contributed by atoms with E-state index in [4.69, 9.17) is 11.6 Å². The Morgan fingerprint density at radius 2 is 2.26 bits per heavy atom. The van der Waals surface area contributed by atoms with E-state index in [1.54, 1.807) is 0 Å². The van der Waals surface area contributed by atoms with Crippen LogP contribution in [0.5, 0.6) is 0 Å². The molecule has 0 aliphatic carbocycles. The Morgan fingerprint density at radius 3 is 2.89 bits per heavy atom. The fourth-order valence-electron chi connectivity index (χ4n) is 1.55. The van der Waals surface area contributed by atoms with Crippen molar-refractivity contribution in [1.29, 1.82) is 0 Å². The van der Waals surface area contributed by atoms with Gasteiger partial charge in [0.15, 0.2) is 11.6 Å². The molecule has 0 bridgehead atoms. The first-order valence-electron chi connectivity index (χ1n) is 5.88. The molecule has 0 radical (unpaired) electrons. The van der Waals surface area contributed by atoms with E-state index in [0.29, 0.717) is 16.8 Å². The standard InChI is InChI=1S/C12H14ClFN4S/c1-3-15-12-16-6-8(14)11(18-12)17-7(2)9-4-5-10(13)19-9/h4-7H,3H2,1-2H3,(H2,15,16,17,18). The van der Waals surface area contributed by atoms with Gasteiger partial charge in [-0.05, 0) is 26.0 Å². The van der Waals surface area contributed by atoms with Crippen LogP contribution < -0.4 is 10.6 Å². The molecule has 0 aliphatic heterocycles. The van der Waals surface area contributed by atoms with Gasteiger partial charge in [-0.2, -0.15) is 4.98 Å². The van der Waals surface area contributed by atoms with Crippen molar-refractivity contribution in [2.75, 3.05) is 17.2 Å². The van der Waals surface area contributed by atoms with Crippen molar-refractivity contribution < 1.29 is 4.39 Å². The lowest BCUT2D eigenvalue weighted by Gasteiger charge is -2.14. The molecule has 1 atom stereocenters. The van der Waals surface area contributed by atoms with Crippen LogP contribution in [-0.4, -0.2) is 16.5 Å². The molecule has 4 nitrogen and oxygen atoms in total. The van der Waals surface area contributed by atoms with Gasteiger partial charge in [0.2, 0.25) is 5.95 Å². The number of aromatic nitrogens is 2. The third-order valence-electron chi connectivity index (χ3n) is 2.45. The van der Waals surface area contributed by atoms with E-state index < -0.39 is 5.82 Å². The second-order valence-corrected chi connectivity index (χ2v) is 5.68. The molecule has 0 aromatic carbocycles. The minimum absolute atomic E-state index is 0.0728. The van der Waals surface area contributed by atoms with Gasteiger partial charge in [-0.3, -0.25) is 0 Å². The van der Waals surface area contributed by atoms with Gasteiger partial charge in [-0.15, -0.1) is 11.3 Å². The highest BCUT2D eigenvalue weighted by Gasteiger charge is 2.13. The van der Waals surface area contributed by atoms with Gasteiger partial charge >= 0.3 is 0 Å². The predicted octanol–water partition coefficient (Wildman–Crippen LogP) is 3.94. The number of halogens is 2. The Morgan fingerprint density at radius 1 is 1.47 bits per heavy atom. The summed E-state index contributed by atoms with van der Waals surface area (Å²) >= 11 is 7.34. The summed E-state index contributed by atoms with van der Waals surface area (Å²) in [4.78, 5) is 8.98. The number of thiophene rings is 1. The molecule has 2 aromatic heterocycles. The lowest BCUT2D eigenvalue weighted by molar-refractivity contribution is 0.614. The van der Waals surface area contributed by atoms with E-state index in [2.05, 4.69) is 20.6 Å². The topological polar surface area (TPSA) is 49.8 Å². The van der Waals surface area contributed by atoms with Crippen molar-refractivity contribution in [3.8, 4) is 0 Å². The van der Waals surface area contributed by atoms with Gasteiger partial charge in [-0.1, -0.05) is 11.6 Å². The zero-order valence-corrected chi connectivity index (χ0v) is 12.1. The van der Waals surface area contributed by atoms with E-state index in [1.807, 2.05) is 26.0 Å². The maximum Gasteiger partial charge on any atom is 0.224 e. The number of anilines is 2. The Labute approximate surface area is 120 Å². The van der Waals surface area contributed by atoms with Crippen LogP contribution in [0.1, 0.15) is 24.8 Å². The largest absolute Gasteiger partial charge is 0.360 e. The highest BCUT2D eigenvalue weighted by atomic mass is 35.5. The van der Waals surface area contributed by atoms with Crippen molar-refractivity contribution in [2.24, 2.45) is 0 Å². The SMILES string of the molecule is CCNc1ncc(F)c(NC(C)c2ccc(Cl)s2)n1. The third-order valence-corrected chi connectivity index (χ3v) is 3.87. The highest BCUT2D eigenvalue weighted by molar-refractivity contribution is 7.16. The molecule has 102 valence electrons. The molecule has 2 rings (SSSR count). The summed E-state index contributed by atoms with van der Waals surface area (Å²) in [5.74, 6) is 0.113. The zero-order valence-electron chi connectivity index (χ0n) is 10.6.